The molecule has 0 aliphatic heterocycles. The molecule has 0 amide bonds. The molecule has 2 unspecified atom stereocenters. The summed E-state index contributed by atoms with van der Waals surface area (Å²) in [5.74, 6) is 4.00. The van der Waals surface area contributed by atoms with Crippen LogP contribution < -0.4 is 0 Å². The largest absolute Gasteiger partial charge is 0.299 e. The number of carbonyl (C=O) groups excluding carboxylic acids is 1. The molecule has 0 N–H and O–H groups in total. The van der Waals surface area contributed by atoms with Crippen molar-refractivity contribution in [2.45, 2.75) is 105 Å². The highest BCUT2D eigenvalue weighted by Gasteiger charge is 2.64. The van der Waals surface area contributed by atoms with Crippen LogP contribution in [-0.2, 0) is 14.6 Å². The molecule has 0 aromatic rings. The Kier molecular flexibility index (Phi) is 4.83. The van der Waals surface area contributed by atoms with Gasteiger partial charge in [-0.3, -0.25) is 4.79 Å². The molecule has 4 fully saturated rings. The maximum atomic E-state index is 13.0. The van der Waals surface area contributed by atoms with Crippen molar-refractivity contribution in [2.24, 2.45) is 40.4 Å². The fourth-order valence-electron chi connectivity index (χ4n) is 7.54. The van der Waals surface area contributed by atoms with Crippen LogP contribution in [0.25, 0.3) is 0 Å². The number of hydrogen-bond acceptors (Lipinski definition) is 3. The highest BCUT2D eigenvalue weighted by molar-refractivity contribution is 5.87. The molecule has 27 heavy (non-hydrogen) atoms. The summed E-state index contributed by atoms with van der Waals surface area (Å²) >= 11 is 0. The lowest BCUT2D eigenvalue weighted by molar-refractivity contribution is -0.397. The molecule has 4 rings (SSSR count). The number of rotatable bonds is 2. The number of carbonyl (C=O) groups is 1. The first kappa shape index (κ1) is 19.9. The van der Waals surface area contributed by atoms with Crippen LogP contribution in [0.1, 0.15) is 92.9 Å². The Morgan fingerprint density at radius 1 is 1.00 bits per heavy atom. The number of ketones is 1. The fraction of sp³-hybridized carbons (Fsp3) is 0.958. The van der Waals surface area contributed by atoms with Crippen LogP contribution in [0.4, 0.5) is 0 Å². The molecule has 0 bridgehead atoms. The van der Waals surface area contributed by atoms with E-state index in [2.05, 4.69) is 20.8 Å². The minimum absolute atomic E-state index is 0.0899. The Balaban J connectivity index is 1.65. The van der Waals surface area contributed by atoms with E-state index in [0.29, 0.717) is 29.0 Å². The first-order chi connectivity index (χ1) is 12.6. The highest BCUT2D eigenvalue weighted by Crippen LogP contribution is 2.66. The second-order valence-electron chi connectivity index (χ2n) is 11.8. The van der Waals surface area contributed by atoms with Crippen LogP contribution in [0, 0.1) is 40.4 Å². The van der Waals surface area contributed by atoms with Crippen molar-refractivity contribution < 1.29 is 14.6 Å². The molecular formula is C24H40O3. The second-order valence-corrected chi connectivity index (χ2v) is 11.8. The molecule has 0 saturated heterocycles. The lowest BCUT2D eigenvalue weighted by Gasteiger charge is -2.61. The maximum absolute atomic E-state index is 13.0. The van der Waals surface area contributed by atoms with Gasteiger partial charge in [-0.2, -0.15) is 0 Å². The smallest absolute Gasteiger partial charge is 0.141 e. The molecule has 3 nitrogen and oxygen atoms in total. The lowest BCUT2D eigenvalue weighted by atomic mass is 9.44. The summed E-state index contributed by atoms with van der Waals surface area (Å²) in [5.41, 5.74) is -0.271. The third kappa shape index (κ3) is 3.12. The second kappa shape index (κ2) is 6.55. The van der Waals surface area contributed by atoms with Gasteiger partial charge in [-0.05, 0) is 101 Å². The van der Waals surface area contributed by atoms with E-state index >= 15 is 0 Å². The molecule has 0 spiro atoms. The van der Waals surface area contributed by atoms with E-state index in [0.717, 1.165) is 31.1 Å². The Morgan fingerprint density at radius 3 is 2.44 bits per heavy atom. The third-order valence-electron chi connectivity index (χ3n) is 9.13. The zero-order valence-corrected chi connectivity index (χ0v) is 18.3. The number of fused-ring (bicyclic) bond motifs is 5. The summed E-state index contributed by atoms with van der Waals surface area (Å²) in [7, 11) is 0. The third-order valence-corrected chi connectivity index (χ3v) is 9.13. The van der Waals surface area contributed by atoms with Gasteiger partial charge >= 0.3 is 0 Å². The van der Waals surface area contributed by atoms with E-state index in [1.165, 1.54) is 32.1 Å². The van der Waals surface area contributed by atoms with Gasteiger partial charge in [-0.1, -0.05) is 20.3 Å². The van der Waals surface area contributed by atoms with Crippen LogP contribution in [0.2, 0.25) is 0 Å². The average Bonchev–Trinajstić information content (AvgIpc) is 2.89. The van der Waals surface area contributed by atoms with E-state index in [1.54, 1.807) is 0 Å². The molecule has 154 valence electrons. The van der Waals surface area contributed by atoms with Gasteiger partial charge in [0.15, 0.2) is 0 Å². The first-order valence-electron chi connectivity index (χ1n) is 11.4. The van der Waals surface area contributed by atoms with Gasteiger partial charge in [-0.25, -0.2) is 9.78 Å². The summed E-state index contributed by atoms with van der Waals surface area (Å²) in [6.07, 6.45) is 9.49. The molecule has 0 aromatic heterocycles. The van der Waals surface area contributed by atoms with E-state index in [4.69, 9.17) is 9.78 Å². The number of Topliss-reactive ketones (excluding diaryl/α,β-unsaturated/α-hetero) is 1. The van der Waals surface area contributed by atoms with Crippen molar-refractivity contribution >= 4 is 5.78 Å². The monoisotopic (exact) mass is 376 g/mol. The molecule has 4 saturated carbocycles. The van der Waals surface area contributed by atoms with Crippen LogP contribution in [0.5, 0.6) is 0 Å². The minimum Gasteiger partial charge on any atom is -0.299 e. The van der Waals surface area contributed by atoms with Gasteiger partial charge in [0.1, 0.15) is 11.9 Å². The molecule has 4 aliphatic carbocycles. The Bertz CT molecular complexity index is 593. The van der Waals surface area contributed by atoms with Gasteiger partial charge in [0, 0.05) is 6.42 Å². The van der Waals surface area contributed by atoms with Crippen molar-refractivity contribution in [3.63, 3.8) is 0 Å². The summed E-state index contributed by atoms with van der Waals surface area (Å²) < 4.78 is 0. The summed E-state index contributed by atoms with van der Waals surface area (Å²) in [6.45, 7) is 13.3. The van der Waals surface area contributed by atoms with Gasteiger partial charge < -0.3 is 0 Å². The lowest BCUT2D eigenvalue weighted by Crippen LogP contribution is -2.59. The van der Waals surface area contributed by atoms with Crippen LogP contribution in [0.3, 0.4) is 0 Å². The molecule has 3 heteroatoms. The topological polar surface area (TPSA) is 35.5 Å². The standard InChI is InChI=1S/C24H40O3/c1-15-11-12-23(5)16(13-15)7-8-17-18-9-10-20(25)24(18,6)21(14-19(17)23)26-27-22(2,3)4/h15-19,21H,7-14H2,1-6H3/t15-,16-,17+,18+,19?,21?,23+,24+/m1/s1. The summed E-state index contributed by atoms with van der Waals surface area (Å²) in [4.78, 5) is 24.9. The summed E-state index contributed by atoms with van der Waals surface area (Å²) in [6, 6.07) is 0. The van der Waals surface area contributed by atoms with E-state index in [1.807, 2.05) is 20.8 Å². The predicted molar refractivity (Wildman–Crippen MR) is 107 cm³/mol. The highest BCUT2D eigenvalue weighted by atomic mass is 17.2. The van der Waals surface area contributed by atoms with Crippen LogP contribution in [0.15, 0.2) is 0 Å². The normalized spacial score (nSPS) is 50.1. The van der Waals surface area contributed by atoms with Crippen molar-refractivity contribution in [3.05, 3.63) is 0 Å². The predicted octanol–water partition coefficient (Wildman–Crippen LogP) is 5.96. The van der Waals surface area contributed by atoms with E-state index in [-0.39, 0.29) is 17.1 Å². The summed E-state index contributed by atoms with van der Waals surface area (Å²) in [5, 5.41) is 0. The molecule has 8 atom stereocenters. The fourth-order valence-corrected chi connectivity index (χ4v) is 7.54. The van der Waals surface area contributed by atoms with Gasteiger partial charge in [-0.15, -0.1) is 0 Å². The van der Waals surface area contributed by atoms with Gasteiger partial charge in [0.2, 0.25) is 0 Å². The first-order valence-corrected chi connectivity index (χ1v) is 11.4. The van der Waals surface area contributed by atoms with Crippen LogP contribution >= 0.6 is 0 Å². The Morgan fingerprint density at radius 2 is 1.74 bits per heavy atom. The van der Waals surface area contributed by atoms with E-state index < -0.39 is 0 Å². The average molecular weight is 377 g/mol. The van der Waals surface area contributed by atoms with Gasteiger partial charge in [0.05, 0.1) is 11.0 Å². The SMILES string of the molecule is C[C@@H]1CC[C@]2(C)C3CC(OOC(C)(C)C)[C@]4(C)C(=O)CC[C@H]4[C@@H]3CC[C@@H]2C1. The van der Waals surface area contributed by atoms with Crippen molar-refractivity contribution in [1.29, 1.82) is 0 Å². The molecule has 0 radical (unpaired) electrons. The molecular weight excluding hydrogens is 336 g/mol. The van der Waals surface area contributed by atoms with Crippen LogP contribution in [-0.4, -0.2) is 17.5 Å². The quantitative estimate of drug-likeness (QED) is 0.440. The maximum Gasteiger partial charge on any atom is 0.141 e. The number of hydrogen-bond donors (Lipinski definition) is 0. The molecule has 0 aromatic carbocycles. The zero-order valence-electron chi connectivity index (χ0n) is 18.3. The Hall–Kier alpha value is -0.410. The van der Waals surface area contributed by atoms with Crippen molar-refractivity contribution in [3.8, 4) is 0 Å². The molecule has 4 aliphatic rings. The molecule has 0 heterocycles. The Labute approximate surface area is 165 Å². The van der Waals surface area contributed by atoms with Crippen molar-refractivity contribution in [2.75, 3.05) is 0 Å². The zero-order chi connectivity index (χ0) is 19.6. The minimum atomic E-state index is -0.350. The van der Waals surface area contributed by atoms with E-state index in [9.17, 15) is 4.79 Å². The van der Waals surface area contributed by atoms with Gasteiger partial charge in [0.25, 0.3) is 0 Å². The van der Waals surface area contributed by atoms with Crippen molar-refractivity contribution in [1.82, 2.24) is 0 Å².